The van der Waals surface area contributed by atoms with E-state index in [4.69, 9.17) is 11.6 Å². The Hall–Kier alpha value is -2.70. The average Bonchev–Trinajstić information content (AvgIpc) is 3.10. The smallest absolute Gasteiger partial charge is 0.276 e. The number of aromatic nitrogens is 2. The van der Waals surface area contributed by atoms with Crippen LogP contribution >= 0.6 is 22.9 Å². The summed E-state index contributed by atoms with van der Waals surface area (Å²) in [4.78, 5) is 25.8. The van der Waals surface area contributed by atoms with E-state index in [0.717, 1.165) is 26.0 Å². The lowest BCUT2D eigenvalue weighted by molar-refractivity contribution is -0.124. The van der Waals surface area contributed by atoms with Crippen LogP contribution in [0.25, 0.3) is 20.2 Å². The van der Waals surface area contributed by atoms with Crippen LogP contribution in [-0.4, -0.2) is 15.7 Å². The lowest BCUT2D eigenvalue weighted by atomic mass is 10.2. The summed E-state index contributed by atoms with van der Waals surface area (Å²) >= 11 is 7.69. The summed E-state index contributed by atoms with van der Waals surface area (Å²) < 4.78 is 3.18. The van der Waals surface area contributed by atoms with Crippen molar-refractivity contribution in [3.63, 3.8) is 0 Å². The predicted molar refractivity (Wildman–Crippen MR) is 114 cm³/mol. The number of nitrogens with one attached hydrogen (secondary N) is 1. The summed E-state index contributed by atoms with van der Waals surface area (Å²) in [6.07, 6.45) is 0. The van der Waals surface area contributed by atoms with Crippen LogP contribution in [0.5, 0.6) is 0 Å². The largest absolute Gasteiger partial charge is 0.350 e. The number of amides is 1. The zero-order valence-corrected chi connectivity index (χ0v) is 17.0. The van der Waals surface area contributed by atoms with Crippen LogP contribution in [0.2, 0.25) is 5.02 Å². The van der Waals surface area contributed by atoms with Gasteiger partial charge in [0.25, 0.3) is 5.56 Å². The van der Waals surface area contributed by atoms with Crippen molar-refractivity contribution >= 4 is 49.0 Å². The van der Waals surface area contributed by atoms with Crippen molar-refractivity contribution < 1.29 is 4.79 Å². The Bertz CT molecular complexity index is 1260. The fraction of sp³-hybridized carbons (Fsp3) is 0.190. The number of rotatable bonds is 4. The van der Waals surface area contributed by atoms with E-state index in [9.17, 15) is 9.59 Å². The standard InChI is InChI=1S/C21H18ClN3O2S/c1-12-19-18(15-8-4-6-10-17(15)28-19)21(27)25(24-12)13(2)20(26)23-11-14-7-3-5-9-16(14)22/h3-10,13H,11H2,1-2H3,(H,23,26)/t13-/m0/s1. The molecule has 4 aromatic rings. The molecular formula is C21H18ClN3O2S. The molecule has 1 atom stereocenters. The Balaban J connectivity index is 1.69. The quantitative estimate of drug-likeness (QED) is 0.539. The number of fused-ring (bicyclic) bond motifs is 3. The molecule has 7 heteroatoms. The third-order valence-corrected chi connectivity index (χ3v) is 6.41. The molecule has 0 bridgehead atoms. The van der Waals surface area contributed by atoms with E-state index in [1.165, 1.54) is 4.68 Å². The molecule has 2 aromatic carbocycles. The zero-order valence-electron chi connectivity index (χ0n) is 15.4. The van der Waals surface area contributed by atoms with Crippen LogP contribution in [0.3, 0.4) is 0 Å². The van der Waals surface area contributed by atoms with Crippen LogP contribution in [0, 0.1) is 6.92 Å². The van der Waals surface area contributed by atoms with Gasteiger partial charge in [-0.2, -0.15) is 5.10 Å². The summed E-state index contributed by atoms with van der Waals surface area (Å²) in [6, 6.07) is 14.4. The van der Waals surface area contributed by atoms with Gasteiger partial charge in [-0.25, -0.2) is 4.68 Å². The molecule has 28 heavy (non-hydrogen) atoms. The van der Waals surface area contributed by atoms with E-state index in [1.807, 2.05) is 49.4 Å². The maximum Gasteiger partial charge on any atom is 0.276 e. The number of carbonyl (C=O) groups is 1. The molecule has 2 aromatic heterocycles. The Morgan fingerprint density at radius 2 is 1.93 bits per heavy atom. The average molecular weight is 412 g/mol. The van der Waals surface area contributed by atoms with Crippen LogP contribution in [-0.2, 0) is 11.3 Å². The molecule has 0 saturated carbocycles. The van der Waals surface area contributed by atoms with Crippen LogP contribution < -0.4 is 10.9 Å². The zero-order chi connectivity index (χ0) is 19.8. The van der Waals surface area contributed by atoms with E-state index < -0.39 is 6.04 Å². The summed E-state index contributed by atoms with van der Waals surface area (Å²) in [7, 11) is 0. The molecule has 0 saturated heterocycles. The fourth-order valence-corrected chi connectivity index (χ4v) is 4.56. The van der Waals surface area contributed by atoms with Crippen molar-refractivity contribution in [2.45, 2.75) is 26.4 Å². The Morgan fingerprint density at radius 1 is 1.21 bits per heavy atom. The molecule has 1 N–H and O–H groups in total. The van der Waals surface area contributed by atoms with Crippen LogP contribution in [0.1, 0.15) is 24.2 Å². The SMILES string of the molecule is Cc1nn([C@@H](C)C(=O)NCc2ccccc2Cl)c(=O)c2c1sc1ccccc12. The lowest BCUT2D eigenvalue weighted by Crippen LogP contribution is -2.37. The maximum absolute atomic E-state index is 13.1. The first-order chi connectivity index (χ1) is 13.5. The Kier molecular flexibility index (Phi) is 4.91. The third kappa shape index (κ3) is 3.19. The number of halogens is 1. The molecule has 5 nitrogen and oxygen atoms in total. The molecule has 4 rings (SSSR count). The van der Waals surface area contributed by atoms with Crippen molar-refractivity contribution in [2.24, 2.45) is 0 Å². The first-order valence-electron chi connectivity index (χ1n) is 8.89. The number of aryl methyl sites for hydroxylation is 1. The van der Waals surface area contributed by atoms with Gasteiger partial charge in [0.2, 0.25) is 5.91 Å². The third-order valence-electron chi connectivity index (χ3n) is 4.76. The van der Waals surface area contributed by atoms with E-state index in [2.05, 4.69) is 10.4 Å². The molecule has 0 fully saturated rings. The second kappa shape index (κ2) is 7.37. The molecule has 142 valence electrons. The second-order valence-corrected chi connectivity index (χ2v) is 8.08. The molecule has 2 heterocycles. The van der Waals surface area contributed by atoms with Gasteiger partial charge in [-0.05, 0) is 31.5 Å². The Morgan fingerprint density at radius 3 is 2.71 bits per heavy atom. The van der Waals surface area contributed by atoms with Gasteiger partial charge >= 0.3 is 0 Å². The van der Waals surface area contributed by atoms with Crippen LogP contribution in [0.4, 0.5) is 0 Å². The van der Waals surface area contributed by atoms with Gasteiger partial charge in [0.15, 0.2) is 0 Å². The molecule has 0 aliphatic carbocycles. The number of carbonyl (C=O) groups excluding carboxylic acids is 1. The number of hydrogen-bond donors (Lipinski definition) is 1. The number of benzene rings is 2. The molecule has 0 unspecified atom stereocenters. The number of hydrogen-bond acceptors (Lipinski definition) is 4. The molecule has 1 amide bonds. The molecule has 0 aliphatic rings. The number of thiophene rings is 1. The van der Waals surface area contributed by atoms with Gasteiger partial charge in [0.1, 0.15) is 6.04 Å². The van der Waals surface area contributed by atoms with Gasteiger partial charge in [0, 0.05) is 21.7 Å². The summed E-state index contributed by atoms with van der Waals surface area (Å²) in [5, 5.41) is 9.37. The fourth-order valence-electron chi connectivity index (χ4n) is 3.22. The van der Waals surface area contributed by atoms with Gasteiger partial charge in [-0.15, -0.1) is 11.3 Å². The first-order valence-corrected chi connectivity index (χ1v) is 10.1. The highest BCUT2D eigenvalue weighted by molar-refractivity contribution is 7.26. The van der Waals surface area contributed by atoms with Crippen LogP contribution in [0.15, 0.2) is 53.3 Å². The van der Waals surface area contributed by atoms with E-state index in [-0.39, 0.29) is 11.5 Å². The minimum absolute atomic E-state index is 0.251. The highest BCUT2D eigenvalue weighted by atomic mass is 35.5. The summed E-state index contributed by atoms with van der Waals surface area (Å²) in [5.74, 6) is -0.284. The molecule has 0 radical (unpaired) electrons. The normalized spacial score (nSPS) is 12.4. The van der Waals surface area contributed by atoms with E-state index in [1.54, 1.807) is 24.3 Å². The highest BCUT2D eigenvalue weighted by Gasteiger charge is 2.21. The highest BCUT2D eigenvalue weighted by Crippen LogP contribution is 2.32. The predicted octanol–water partition coefficient (Wildman–Crippen LogP) is 4.45. The first kappa shape index (κ1) is 18.7. The second-order valence-electron chi connectivity index (χ2n) is 6.62. The number of nitrogens with zero attached hydrogens (tertiary/aromatic N) is 2. The molecule has 0 aliphatic heterocycles. The minimum atomic E-state index is -0.739. The molecular weight excluding hydrogens is 394 g/mol. The van der Waals surface area contributed by atoms with Gasteiger partial charge < -0.3 is 5.32 Å². The van der Waals surface area contributed by atoms with E-state index in [0.29, 0.717) is 17.0 Å². The van der Waals surface area contributed by atoms with Crippen molar-refractivity contribution in [2.75, 3.05) is 0 Å². The summed E-state index contributed by atoms with van der Waals surface area (Å²) in [5.41, 5.74) is 1.31. The van der Waals surface area contributed by atoms with Crippen molar-refractivity contribution in [3.8, 4) is 0 Å². The maximum atomic E-state index is 13.1. The monoisotopic (exact) mass is 411 g/mol. The lowest BCUT2D eigenvalue weighted by Gasteiger charge is -2.15. The van der Waals surface area contributed by atoms with Gasteiger partial charge in [-0.3, -0.25) is 9.59 Å². The molecule has 0 spiro atoms. The summed E-state index contributed by atoms with van der Waals surface area (Å²) in [6.45, 7) is 3.83. The van der Waals surface area contributed by atoms with Crippen molar-refractivity contribution in [3.05, 3.63) is 75.2 Å². The van der Waals surface area contributed by atoms with Crippen molar-refractivity contribution in [1.82, 2.24) is 15.1 Å². The van der Waals surface area contributed by atoms with Crippen molar-refractivity contribution in [1.29, 1.82) is 0 Å². The minimum Gasteiger partial charge on any atom is -0.350 e. The van der Waals surface area contributed by atoms with Gasteiger partial charge in [0.05, 0.1) is 15.8 Å². The van der Waals surface area contributed by atoms with Gasteiger partial charge in [-0.1, -0.05) is 48.0 Å². The topological polar surface area (TPSA) is 64.0 Å². The van der Waals surface area contributed by atoms with E-state index >= 15 is 0 Å². The Labute approximate surface area is 170 Å².